The molecule has 1 saturated heterocycles. The summed E-state index contributed by atoms with van der Waals surface area (Å²) in [4.78, 5) is 21.4. The number of hydrogen-bond acceptors (Lipinski definition) is 4. The highest BCUT2D eigenvalue weighted by molar-refractivity contribution is 14.0. The van der Waals surface area contributed by atoms with Crippen molar-refractivity contribution in [1.82, 2.24) is 20.4 Å². The summed E-state index contributed by atoms with van der Waals surface area (Å²) in [6, 6.07) is 4.29. The van der Waals surface area contributed by atoms with Crippen molar-refractivity contribution in [2.75, 3.05) is 39.3 Å². The van der Waals surface area contributed by atoms with Crippen LogP contribution in [0.2, 0.25) is 0 Å². The first-order chi connectivity index (χ1) is 13.5. The molecule has 1 aliphatic rings. The Morgan fingerprint density at radius 2 is 2.07 bits per heavy atom. The smallest absolute Gasteiger partial charge is 0.225 e. The highest BCUT2D eigenvalue weighted by atomic mass is 127. The maximum absolute atomic E-state index is 12.2. The fourth-order valence-electron chi connectivity index (χ4n) is 3.67. The van der Waals surface area contributed by atoms with Crippen LogP contribution in [0.1, 0.15) is 52.8 Å². The van der Waals surface area contributed by atoms with Gasteiger partial charge in [0, 0.05) is 31.6 Å². The van der Waals surface area contributed by atoms with Crippen molar-refractivity contribution >= 4 is 35.8 Å². The fraction of sp³-hybridized carbons (Fsp3) is 0.714. The van der Waals surface area contributed by atoms with Crippen molar-refractivity contribution in [1.29, 1.82) is 0 Å². The molecule has 29 heavy (non-hydrogen) atoms. The van der Waals surface area contributed by atoms with E-state index in [0.717, 1.165) is 50.9 Å². The molecule has 2 heterocycles. The van der Waals surface area contributed by atoms with Crippen molar-refractivity contribution in [3.63, 3.8) is 0 Å². The number of carbonyl (C=O) groups excluding carboxylic acids is 1. The number of halogens is 1. The van der Waals surface area contributed by atoms with Crippen molar-refractivity contribution in [2.45, 2.75) is 53.1 Å². The summed E-state index contributed by atoms with van der Waals surface area (Å²) in [7, 11) is 0. The average Bonchev–Trinajstić information content (AvgIpc) is 3.36. The Labute approximate surface area is 192 Å². The van der Waals surface area contributed by atoms with E-state index in [9.17, 15) is 4.79 Å². The third-order valence-electron chi connectivity index (χ3n) is 5.23. The van der Waals surface area contributed by atoms with Crippen LogP contribution in [0.3, 0.4) is 0 Å². The summed E-state index contributed by atoms with van der Waals surface area (Å²) in [5, 5.41) is 6.85. The van der Waals surface area contributed by atoms with Gasteiger partial charge in [-0.15, -0.1) is 24.0 Å². The van der Waals surface area contributed by atoms with Gasteiger partial charge in [-0.1, -0.05) is 27.7 Å². The van der Waals surface area contributed by atoms with Crippen LogP contribution >= 0.6 is 24.0 Å². The number of likely N-dealkylation sites (N-methyl/N-ethyl adjacent to an activating group) is 1. The molecular formula is C21H38IN5O2. The van der Waals surface area contributed by atoms with Crippen LogP contribution in [0.25, 0.3) is 0 Å². The van der Waals surface area contributed by atoms with Crippen LogP contribution in [-0.2, 0) is 4.79 Å². The van der Waals surface area contributed by atoms with Gasteiger partial charge in [-0.2, -0.15) is 0 Å². The molecule has 2 unspecified atom stereocenters. The molecule has 0 aliphatic carbocycles. The van der Waals surface area contributed by atoms with Gasteiger partial charge < -0.3 is 20.0 Å². The Kier molecular flexibility index (Phi) is 11.6. The van der Waals surface area contributed by atoms with Gasteiger partial charge >= 0.3 is 0 Å². The highest BCUT2D eigenvalue weighted by Gasteiger charge is 2.28. The summed E-state index contributed by atoms with van der Waals surface area (Å²) in [5.74, 6) is 2.02. The van der Waals surface area contributed by atoms with E-state index in [2.05, 4.69) is 36.3 Å². The third kappa shape index (κ3) is 7.47. The van der Waals surface area contributed by atoms with Gasteiger partial charge in [0.05, 0.1) is 18.8 Å². The number of hydrogen-bond donors (Lipinski definition) is 2. The first kappa shape index (κ1) is 25.7. The quantitative estimate of drug-likeness (QED) is 0.298. The van der Waals surface area contributed by atoms with E-state index < -0.39 is 0 Å². The predicted molar refractivity (Wildman–Crippen MR) is 129 cm³/mol. The van der Waals surface area contributed by atoms with Crippen LogP contribution in [0.15, 0.2) is 27.8 Å². The zero-order valence-electron chi connectivity index (χ0n) is 18.5. The molecule has 1 aromatic heterocycles. The summed E-state index contributed by atoms with van der Waals surface area (Å²) in [6.07, 6.45) is 2.67. The Morgan fingerprint density at radius 3 is 2.62 bits per heavy atom. The van der Waals surface area contributed by atoms with E-state index in [-0.39, 0.29) is 47.9 Å². The van der Waals surface area contributed by atoms with Crippen molar-refractivity contribution < 1.29 is 9.21 Å². The zero-order chi connectivity index (χ0) is 20.5. The number of carbonyl (C=O) groups is 1. The molecule has 0 spiro atoms. The standard InChI is InChI=1S/C21H37N5O2.HI/c1-6-22-21(24-17-11-12-26(15-17)20(27)16(4)5)23-14-18(25(7-2)8-3)19-10-9-13-28-19;/h9-10,13,16-18H,6-8,11-12,14-15H2,1-5H3,(H2,22,23,24);1H. The van der Waals surface area contributed by atoms with Crippen LogP contribution in [-0.4, -0.2) is 67.0 Å². The first-order valence-corrected chi connectivity index (χ1v) is 10.6. The minimum atomic E-state index is 0. The lowest BCUT2D eigenvalue weighted by Gasteiger charge is -2.27. The van der Waals surface area contributed by atoms with Crippen molar-refractivity contribution in [3.05, 3.63) is 24.2 Å². The van der Waals surface area contributed by atoms with E-state index >= 15 is 0 Å². The zero-order valence-corrected chi connectivity index (χ0v) is 20.8. The summed E-state index contributed by atoms with van der Waals surface area (Å²) >= 11 is 0. The average molecular weight is 519 g/mol. The van der Waals surface area contributed by atoms with Crippen LogP contribution < -0.4 is 10.6 Å². The minimum Gasteiger partial charge on any atom is -0.468 e. The van der Waals surface area contributed by atoms with E-state index in [0.29, 0.717) is 6.54 Å². The Hall–Kier alpha value is -1.29. The second-order valence-electron chi connectivity index (χ2n) is 7.54. The van der Waals surface area contributed by atoms with Crippen molar-refractivity contribution in [2.24, 2.45) is 10.9 Å². The van der Waals surface area contributed by atoms with E-state index in [1.165, 1.54) is 0 Å². The molecule has 1 aliphatic heterocycles. The van der Waals surface area contributed by atoms with Gasteiger partial charge in [0.15, 0.2) is 5.96 Å². The molecule has 7 nitrogen and oxygen atoms in total. The molecule has 1 fully saturated rings. The lowest BCUT2D eigenvalue weighted by atomic mass is 10.2. The van der Waals surface area contributed by atoms with Gasteiger partial charge in [0.1, 0.15) is 5.76 Å². The van der Waals surface area contributed by atoms with Gasteiger partial charge in [-0.25, -0.2) is 0 Å². The minimum absolute atomic E-state index is 0. The summed E-state index contributed by atoms with van der Waals surface area (Å²) in [6.45, 7) is 15.1. The number of guanidine groups is 1. The Morgan fingerprint density at radius 1 is 1.34 bits per heavy atom. The largest absolute Gasteiger partial charge is 0.468 e. The molecule has 1 aromatic rings. The van der Waals surface area contributed by atoms with Crippen LogP contribution in [0.4, 0.5) is 0 Å². The number of furan rings is 1. The van der Waals surface area contributed by atoms with E-state index in [1.54, 1.807) is 6.26 Å². The molecule has 0 radical (unpaired) electrons. The summed E-state index contributed by atoms with van der Waals surface area (Å²) in [5.41, 5.74) is 0. The second-order valence-corrected chi connectivity index (χ2v) is 7.54. The molecule has 0 bridgehead atoms. The van der Waals surface area contributed by atoms with Crippen LogP contribution in [0, 0.1) is 5.92 Å². The van der Waals surface area contributed by atoms with E-state index in [1.807, 2.05) is 30.9 Å². The Bertz CT molecular complexity index is 617. The molecule has 1 amide bonds. The molecule has 8 heteroatoms. The SMILES string of the molecule is CCNC(=NCC(c1ccco1)N(CC)CC)NC1CCN(C(=O)C(C)C)C1.I. The summed E-state index contributed by atoms with van der Waals surface area (Å²) < 4.78 is 5.67. The topological polar surface area (TPSA) is 73.1 Å². The monoisotopic (exact) mass is 519 g/mol. The number of likely N-dealkylation sites (tertiary alicyclic amines) is 1. The van der Waals surface area contributed by atoms with Gasteiger partial charge in [-0.3, -0.25) is 14.7 Å². The lowest BCUT2D eigenvalue weighted by Crippen LogP contribution is -2.45. The number of aliphatic imine (C=N–C) groups is 1. The Balaban J connectivity index is 0.00000420. The predicted octanol–water partition coefficient (Wildman–Crippen LogP) is 3.09. The third-order valence-corrected chi connectivity index (χ3v) is 5.23. The molecule has 166 valence electrons. The molecule has 2 rings (SSSR count). The van der Waals surface area contributed by atoms with Gasteiger partial charge in [0.25, 0.3) is 0 Å². The van der Waals surface area contributed by atoms with Gasteiger partial charge in [-0.05, 0) is 38.6 Å². The molecule has 0 saturated carbocycles. The lowest BCUT2D eigenvalue weighted by molar-refractivity contribution is -0.133. The van der Waals surface area contributed by atoms with Crippen molar-refractivity contribution in [3.8, 4) is 0 Å². The normalized spacial score (nSPS) is 18.1. The highest BCUT2D eigenvalue weighted by Crippen LogP contribution is 2.21. The number of nitrogens with one attached hydrogen (secondary N) is 2. The molecule has 0 aromatic carbocycles. The fourth-order valence-corrected chi connectivity index (χ4v) is 3.67. The number of nitrogens with zero attached hydrogens (tertiary/aromatic N) is 3. The molecule has 2 atom stereocenters. The van der Waals surface area contributed by atoms with Gasteiger partial charge in [0.2, 0.25) is 5.91 Å². The number of rotatable bonds is 9. The maximum atomic E-state index is 12.2. The second kappa shape index (κ2) is 13.1. The first-order valence-electron chi connectivity index (χ1n) is 10.6. The molecule has 2 N–H and O–H groups in total. The molecular weight excluding hydrogens is 481 g/mol. The number of amides is 1. The van der Waals surface area contributed by atoms with Crippen LogP contribution in [0.5, 0.6) is 0 Å². The maximum Gasteiger partial charge on any atom is 0.225 e. The van der Waals surface area contributed by atoms with E-state index in [4.69, 9.17) is 9.41 Å².